The van der Waals surface area contributed by atoms with Gasteiger partial charge in [0.15, 0.2) is 6.10 Å². The number of imide groups is 1. The van der Waals surface area contributed by atoms with Crippen LogP contribution in [0.2, 0.25) is 0 Å². The second-order valence-corrected chi connectivity index (χ2v) is 9.69. The van der Waals surface area contributed by atoms with Crippen LogP contribution in [0.5, 0.6) is 17.2 Å². The van der Waals surface area contributed by atoms with Crippen LogP contribution in [0.4, 0.5) is 5.69 Å². The molecule has 8 heteroatoms. The van der Waals surface area contributed by atoms with Gasteiger partial charge in [0.05, 0.1) is 23.8 Å². The maximum absolute atomic E-state index is 12.9. The zero-order valence-corrected chi connectivity index (χ0v) is 21.7. The lowest BCUT2D eigenvalue weighted by molar-refractivity contribution is -0.122. The third-order valence-corrected chi connectivity index (χ3v) is 6.85. The van der Waals surface area contributed by atoms with Crippen LogP contribution in [0.3, 0.4) is 0 Å². The molecule has 196 valence electrons. The molecular formula is C30H30N2O6. The number of nitrogens with zero attached hydrogens (tertiary/aromatic N) is 1. The minimum Gasteiger partial charge on any atom is -0.481 e. The molecule has 0 aliphatic carbocycles. The second kappa shape index (κ2) is 10.7. The minimum atomic E-state index is -0.709. The van der Waals surface area contributed by atoms with Gasteiger partial charge in [-0.25, -0.2) is 0 Å². The van der Waals surface area contributed by atoms with Gasteiger partial charge in [-0.15, -0.1) is 0 Å². The van der Waals surface area contributed by atoms with Crippen LogP contribution in [0.15, 0.2) is 60.7 Å². The molecule has 2 unspecified atom stereocenters. The highest BCUT2D eigenvalue weighted by Gasteiger charge is 2.37. The van der Waals surface area contributed by atoms with Gasteiger partial charge in [0, 0.05) is 18.4 Å². The maximum atomic E-state index is 12.9. The zero-order valence-electron chi connectivity index (χ0n) is 21.7. The van der Waals surface area contributed by atoms with Gasteiger partial charge in [0.25, 0.3) is 17.7 Å². The van der Waals surface area contributed by atoms with Gasteiger partial charge in [-0.05, 0) is 87.2 Å². The van der Waals surface area contributed by atoms with Gasteiger partial charge >= 0.3 is 0 Å². The van der Waals surface area contributed by atoms with E-state index in [1.165, 1.54) is 4.90 Å². The molecule has 0 bridgehead atoms. The number of aryl methyl sites for hydroxylation is 2. The number of hydrogen-bond acceptors (Lipinski definition) is 6. The number of carbonyl (C=O) groups is 3. The number of benzene rings is 3. The fourth-order valence-electron chi connectivity index (χ4n) is 4.55. The molecule has 1 N–H and O–H groups in total. The highest BCUT2D eigenvalue weighted by atomic mass is 16.5. The van der Waals surface area contributed by atoms with E-state index in [4.69, 9.17) is 14.2 Å². The first-order valence-electron chi connectivity index (χ1n) is 12.7. The topological polar surface area (TPSA) is 94.2 Å². The molecule has 1 fully saturated rings. The standard InChI is InChI=1S/C30H30N2O6/c1-18-9-10-23(14-19(18)2)37-20(3)28(33)31-21-6-4-7-22(15-21)38-24-11-12-26-27(16-24)30(35)32(29(26)34)17-25-8-5-13-36-25/h4,6-7,9-12,14-16,20,25H,5,8,13,17H2,1-3H3,(H,31,33). The van der Waals surface area contributed by atoms with E-state index in [1.54, 1.807) is 49.4 Å². The fraction of sp³-hybridized carbons (Fsp3) is 0.300. The normalized spacial score (nSPS) is 17.3. The molecule has 8 nitrogen and oxygen atoms in total. The molecule has 0 saturated carbocycles. The molecule has 38 heavy (non-hydrogen) atoms. The third kappa shape index (κ3) is 5.40. The smallest absolute Gasteiger partial charge is 0.265 e. The molecular weight excluding hydrogens is 484 g/mol. The molecule has 2 heterocycles. The number of carbonyl (C=O) groups excluding carboxylic acids is 3. The van der Waals surface area contributed by atoms with Crippen LogP contribution in [-0.4, -0.2) is 48.0 Å². The Kier molecular flexibility index (Phi) is 7.15. The Labute approximate surface area is 221 Å². The van der Waals surface area contributed by atoms with Crippen molar-refractivity contribution in [1.82, 2.24) is 4.90 Å². The summed E-state index contributed by atoms with van der Waals surface area (Å²) in [6.07, 6.45) is 0.953. The van der Waals surface area contributed by atoms with Gasteiger partial charge < -0.3 is 19.5 Å². The number of ether oxygens (including phenoxy) is 3. The van der Waals surface area contributed by atoms with Gasteiger partial charge in [0.1, 0.15) is 17.2 Å². The summed E-state index contributed by atoms with van der Waals surface area (Å²) in [6, 6.07) is 17.5. The number of anilines is 1. The summed E-state index contributed by atoms with van der Waals surface area (Å²) in [4.78, 5) is 39.7. The molecule has 2 aliphatic heterocycles. The Hall–Kier alpha value is -4.17. The lowest BCUT2D eigenvalue weighted by Gasteiger charge is -2.17. The number of amides is 3. The van der Waals surface area contributed by atoms with Gasteiger partial charge in [-0.3, -0.25) is 19.3 Å². The average molecular weight is 515 g/mol. The molecule has 1 saturated heterocycles. The summed E-state index contributed by atoms with van der Waals surface area (Å²) < 4.78 is 17.4. The average Bonchev–Trinajstić information content (AvgIpc) is 3.49. The molecule has 2 atom stereocenters. The summed E-state index contributed by atoms with van der Waals surface area (Å²) in [6.45, 7) is 6.62. The zero-order chi connectivity index (χ0) is 26.8. The number of fused-ring (bicyclic) bond motifs is 1. The van der Waals surface area contributed by atoms with E-state index < -0.39 is 6.10 Å². The second-order valence-electron chi connectivity index (χ2n) is 9.69. The first-order valence-corrected chi connectivity index (χ1v) is 12.7. The van der Waals surface area contributed by atoms with Gasteiger partial charge in [-0.1, -0.05) is 12.1 Å². The number of hydrogen-bond donors (Lipinski definition) is 1. The SMILES string of the molecule is Cc1ccc(OC(C)C(=O)Nc2cccc(Oc3ccc4c(c3)C(=O)N(CC3CCCO3)C4=O)c2)cc1C. The summed E-state index contributed by atoms with van der Waals surface area (Å²) in [5, 5.41) is 2.85. The number of rotatable bonds is 8. The van der Waals surface area contributed by atoms with E-state index in [0.29, 0.717) is 40.7 Å². The van der Waals surface area contributed by atoms with Crippen molar-refractivity contribution in [3.05, 3.63) is 82.9 Å². The molecule has 5 rings (SSSR count). The van der Waals surface area contributed by atoms with Crippen LogP contribution >= 0.6 is 0 Å². The van der Waals surface area contributed by atoms with Crippen molar-refractivity contribution in [3.63, 3.8) is 0 Å². The lowest BCUT2D eigenvalue weighted by atomic mass is 10.1. The predicted molar refractivity (Wildman–Crippen MR) is 142 cm³/mol. The molecule has 3 amide bonds. The first-order chi connectivity index (χ1) is 18.3. The minimum absolute atomic E-state index is 0.111. The highest BCUT2D eigenvalue weighted by Crippen LogP contribution is 2.31. The molecule has 0 radical (unpaired) electrons. The van der Waals surface area contributed by atoms with E-state index in [0.717, 1.165) is 24.0 Å². The summed E-state index contributed by atoms with van der Waals surface area (Å²) in [7, 11) is 0. The molecule has 3 aromatic carbocycles. The van der Waals surface area contributed by atoms with Crippen molar-refractivity contribution < 1.29 is 28.6 Å². The quantitative estimate of drug-likeness (QED) is 0.411. The van der Waals surface area contributed by atoms with E-state index >= 15 is 0 Å². The fourth-order valence-corrected chi connectivity index (χ4v) is 4.55. The summed E-state index contributed by atoms with van der Waals surface area (Å²) in [5.74, 6) is 0.566. The van der Waals surface area contributed by atoms with Crippen LogP contribution in [0.25, 0.3) is 0 Å². The monoisotopic (exact) mass is 514 g/mol. The predicted octanol–water partition coefficient (Wildman–Crippen LogP) is 5.28. The lowest BCUT2D eigenvalue weighted by Crippen LogP contribution is -2.36. The highest BCUT2D eigenvalue weighted by molar-refractivity contribution is 6.21. The molecule has 0 aromatic heterocycles. The van der Waals surface area contributed by atoms with E-state index in [1.807, 2.05) is 32.0 Å². The maximum Gasteiger partial charge on any atom is 0.265 e. The Morgan fingerprint density at radius 2 is 1.74 bits per heavy atom. The van der Waals surface area contributed by atoms with Gasteiger partial charge in [0.2, 0.25) is 0 Å². The Morgan fingerprint density at radius 3 is 2.50 bits per heavy atom. The van der Waals surface area contributed by atoms with Crippen LogP contribution in [0, 0.1) is 13.8 Å². The molecule has 2 aliphatic rings. The first kappa shape index (κ1) is 25.5. The molecule has 3 aromatic rings. The summed E-state index contributed by atoms with van der Waals surface area (Å²) >= 11 is 0. The van der Waals surface area contributed by atoms with E-state index in [-0.39, 0.29) is 30.4 Å². The number of nitrogens with one attached hydrogen (secondary N) is 1. The van der Waals surface area contributed by atoms with Crippen molar-refractivity contribution in [2.75, 3.05) is 18.5 Å². The van der Waals surface area contributed by atoms with E-state index in [9.17, 15) is 14.4 Å². The summed E-state index contributed by atoms with van der Waals surface area (Å²) in [5.41, 5.74) is 3.46. The Bertz CT molecular complexity index is 1400. The van der Waals surface area contributed by atoms with Crippen molar-refractivity contribution in [2.45, 2.75) is 45.8 Å². The van der Waals surface area contributed by atoms with Crippen LogP contribution < -0.4 is 14.8 Å². The molecule has 0 spiro atoms. The van der Waals surface area contributed by atoms with Crippen molar-refractivity contribution in [3.8, 4) is 17.2 Å². The Morgan fingerprint density at radius 1 is 0.974 bits per heavy atom. The van der Waals surface area contributed by atoms with Gasteiger partial charge in [-0.2, -0.15) is 0 Å². The van der Waals surface area contributed by atoms with E-state index in [2.05, 4.69) is 5.32 Å². The van der Waals surface area contributed by atoms with Crippen molar-refractivity contribution in [1.29, 1.82) is 0 Å². The van der Waals surface area contributed by atoms with Crippen molar-refractivity contribution >= 4 is 23.4 Å². The largest absolute Gasteiger partial charge is 0.481 e. The third-order valence-electron chi connectivity index (χ3n) is 6.85. The van der Waals surface area contributed by atoms with Crippen molar-refractivity contribution in [2.24, 2.45) is 0 Å². The van der Waals surface area contributed by atoms with Crippen LogP contribution in [-0.2, 0) is 9.53 Å². The van der Waals surface area contributed by atoms with Crippen LogP contribution in [0.1, 0.15) is 51.6 Å². The Balaban J connectivity index is 1.23.